The second-order valence-corrected chi connectivity index (χ2v) is 3.51. The smallest absolute Gasteiger partial charge is 0.0969 e. The Hall–Kier alpha value is -0.0800. The highest BCUT2D eigenvalue weighted by atomic mass is 16.5. The zero-order valence-electron chi connectivity index (χ0n) is 6.34. The largest absolute Gasteiger partial charge is 0.390 e. The van der Waals surface area contributed by atoms with Crippen LogP contribution >= 0.6 is 0 Å². The van der Waals surface area contributed by atoms with Crippen LogP contribution in [0.15, 0.2) is 0 Å². The van der Waals surface area contributed by atoms with Crippen molar-refractivity contribution >= 4 is 0 Å². The molecule has 2 aliphatic rings. The van der Waals surface area contributed by atoms with Crippen molar-refractivity contribution in [3.8, 4) is 0 Å². The first-order valence-corrected chi connectivity index (χ1v) is 4.03. The van der Waals surface area contributed by atoms with E-state index in [0.717, 1.165) is 12.8 Å². The van der Waals surface area contributed by atoms with Crippen molar-refractivity contribution in [3.63, 3.8) is 0 Å². The van der Waals surface area contributed by atoms with Gasteiger partial charge in [0.2, 0.25) is 0 Å². The standard InChI is InChI=1S/C8H14O2/c1-10-8-5-6(8)3-2-4-7(8)9/h6-7,9H,2-5H2,1H3. The highest BCUT2D eigenvalue weighted by molar-refractivity contribution is 5.11. The fourth-order valence-electron chi connectivity index (χ4n) is 2.27. The molecular weight excluding hydrogens is 128 g/mol. The number of aliphatic hydroxyl groups excluding tert-OH is 1. The summed E-state index contributed by atoms with van der Waals surface area (Å²) >= 11 is 0. The minimum absolute atomic E-state index is 0.0990. The maximum Gasteiger partial charge on any atom is 0.0969 e. The summed E-state index contributed by atoms with van der Waals surface area (Å²) in [5.41, 5.74) is -0.0990. The van der Waals surface area contributed by atoms with Crippen molar-refractivity contribution in [1.29, 1.82) is 0 Å². The minimum Gasteiger partial charge on any atom is -0.390 e. The summed E-state index contributed by atoms with van der Waals surface area (Å²) in [6, 6.07) is 0. The third-order valence-corrected chi connectivity index (χ3v) is 3.07. The second kappa shape index (κ2) is 1.95. The second-order valence-electron chi connectivity index (χ2n) is 3.51. The highest BCUT2D eigenvalue weighted by Gasteiger charge is 2.60. The van der Waals surface area contributed by atoms with Gasteiger partial charge in [-0.1, -0.05) is 6.42 Å². The Morgan fingerprint density at radius 1 is 1.50 bits per heavy atom. The Bertz CT molecular complexity index is 146. The van der Waals surface area contributed by atoms with Crippen molar-refractivity contribution in [3.05, 3.63) is 0 Å². The predicted molar refractivity (Wildman–Crippen MR) is 37.7 cm³/mol. The van der Waals surface area contributed by atoms with Gasteiger partial charge in [0.15, 0.2) is 0 Å². The van der Waals surface area contributed by atoms with E-state index < -0.39 is 0 Å². The van der Waals surface area contributed by atoms with Crippen LogP contribution in [0.5, 0.6) is 0 Å². The van der Waals surface area contributed by atoms with Crippen LogP contribution in [0.2, 0.25) is 0 Å². The van der Waals surface area contributed by atoms with E-state index in [1.165, 1.54) is 12.8 Å². The Morgan fingerprint density at radius 2 is 2.30 bits per heavy atom. The van der Waals surface area contributed by atoms with Crippen LogP contribution in [0.4, 0.5) is 0 Å². The highest BCUT2D eigenvalue weighted by Crippen LogP contribution is 2.55. The molecule has 0 heterocycles. The molecule has 3 unspecified atom stereocenters. The van der Waals surface area contributed by atoms with Gasteiger partial charge < -0.3 is 9.84 Å². The van der Waals surface area contributed by atoms with Crippen LogP contribution in [0.1, 0.15) is 25.7 Å². The SMILES string of the molecule is COC12CC1CCCC2O. The minimum atomic E-state index is -0.184. The van der Waals surface area contributed by atoms with E-state index in [1.54, 1.807) is 7.11 Å². The molecule has 0 spiro atoms. The summed E-state index contributed by atoms with van der Waals surface area (Å²) in [6.45, 7) is 0. The van der Waals surface area contributed by atoms with Gasteiger partial charge in [-0.25, -0.2) is 0 Å². The molecule has 2 heteroatoms. The lowest BCUT2D eigenvalue weighted by molar-refractivity contribution is -0.0586. The number of methoxy groups -OCH3 is 1. The lowest BCUT2D eigenvalue weighted by atomic mass is 9.95. The molecule has 1 N–H and O–H groups in total. The van der Waals surface area contributed by atoms with E-state index in [9.17, 15) is 5.11 Å². The number of ether oxygens (including phenoxy) is 1. The summed E-state index contributed by atoms with van der Waals surface area (Å²) in [6.07, 6.45) is 4.27. The molecule has 0 aromatic rings. The monoisotopic (exact) mass is 142 g/mol. The lowest BCUT2D eigenvalue weighted by Gasteiger charge is -2.26. The lowest BCUT2D eigenvalue weighted by Crippen LogP contribution is -2.34. The summed E-state index contributed by atoms with van der Waals surface area (Å²) < 4.78 is 5.31. The molecule has 2 nitrogen and oxygen atoms in total. The zero-order valence-corrected chi connectivity index (χ0v) is 6.34. The number of fused-ring (bicyclic) bond motifs is 1. The molecule has 0 aromatic carbocycles. The van der Waals surface area contributed by atoms with Gasteiger partial charge in [0, 0.05) is 7.11 Å². The van der Waals surface area contributed by atoms with Crippen LogP contribution in [-0.2, 0) is 4.74 Å². The van der Waals surface area contributed by atoms with Gasteiger partial charge in [0.05, 0.1) is 11.7 Å². The maximum absolute atomic E-state index is 9.54. The van der Waals surface area contributed by atoms with Gasteiger partial charge >= 0.3 is 0 Å². The van der Waals surface area contributed by atoms with Crippen LogP contribution in [0.25, 0.3) is 0 Å². The van der Waals surface area contributed by atoms with Crippen molar-refractivity contribution in [2.75, 3.05) is 7.11 Å². The average molecular weight is 142 g/mol. The summed E-state index contributed by atoms with van der Waals surface area (Å²) in [5.74, 6) is 0.668. The Morgan fingerprint density at radius 3 is 2.80 bits per heavy atom. The van der Waals surface area contributed by atoms with Crippen LogP contribution in [0, 0.1) is 5.92 Å². The van der Waals surface area contributed by atoms with E-state index in [4.69, 9.17) is 4.74 Å². The van der Waals surface area contributed by atoms with Crippen molar-refractivity contribution in [1.82, 2.24) is 0 Å². The molecule has 2 rings (SSSR count). The first kappa shape index (κ1) is 6.62. The molecule has 0 aliphatic heterocycles. The van der Waals surface area contributed by atoms with E-state index in [-0.39, 0.29) is 11.7 Å². The van der Waals surface area contributed by atoms with Crippen molar-refractivity contribution in [2.24, 2.45) is 5.92 Å². The topological polar surface area (TPSA) is 29.5 Å². The first-order valence-electron chi connectivity index (χ1n) is 4.03. The molecule has 0 saturated heterocycles. The number of aliphatic hydroxyl groups is 1. The van der Waals surface area contributed by atoms with Crippen LogP contribution < -0.4 is 0 Å². The van der Waals surface area contributed by atoms with Crippen molar-refractivity contribution < 1.29 is 9.84 Å². The van der Waals surface area contributed by atoms with Gasteiger partial charge in [-0.3, -0.25) is 0 Å². The molecule has 2 saturated carbocycles. The molecule has 2 aliphatic carbocycles. The van der Waals surface area contributed by atoms with Gasteiger partial charge in [-0.15, -0.1) is 0 Å². The zero-order chi connectivity index (χ0) is 7.19. The molecule has 0 bridgehead atoms. The predicted octanol–water partition coefficient (Wildman–Crippen LogP) is 0.936. The van der Waals surface area contributed by atoms with E-state index >= 15 is 0 Å². The molecule has 0 aromatic heterocycles. The Kier molecular flexibility index (Phi) is 1.29. The maximum atomic E-state index is 9.54. The molecule has 2 fully saturated rings. The van der Waals surface area contributed by atoms with E-state index in [0.29, 0.717) is 5.92 Å². The average Bonchev–Trinajstić information content (AvgIpc) is 2.65. The van der Waals surface area contributed by atoms with Gasteiger partial charge in [0.1, 0.15) is 0 Å². The molecule has 0 radical (unpaired) electrons. The van der Waals surface area contributed by atoms with E-state index in [1.807, 2.05) is 0 Å². The molecular formula is C8H14O2. The fraction of sp³-hybridized carbons (Fsp3) is 1.00. The summed E-state index contributed by atoms with van der Waals surface area (Å²) in [4.78, 5) is 0. The molecule has 10 heavy (non-hydrogen) atoms. The summed E-state index contributed by atoms with van der Waals surface area (Å²) in [5, 5.41) is 9.54. The first-order chi connectivity index (χ1) is 4.79. The number of hydrogen-bond donors (Lipinski definition) is 1. The fourth-order valence-corrected chi connectivity index (χ4v) is 2.27. The molecule has 3 atom stereocenters. The van der Waals surface area contributed by atoms with Crippen LogP contribution in [-0.4, -0.2) is 23.9 Å². The van der Waals surface area contributed by atoms with Gasteiger partial charge in [-0.2, -0.15) is 0 Å². The number of hydrogen-bond acceptors (Lipinski definition) is 2. The van der Waals surface area contributed by atoms with Gasteiger partial charge in [-0.05, 0) is 25.2 Å². The number of rotatable bonds is 1. The Balaban J connectivity index is 2.09. The van der Waals surface area contributed by atoms with Gasteiger partial charge in [0.25, 0.3) is 0 Å². The Labute approximate surface area is 61.2 Å². The third kappa shape index (κ3) is 0.663. The molecule has 58 valence electrons. The summed E-state index contributed by atoms with van der Waals surface area (Å²) in [7, 11) is 1.72. The van der Waals surface area contributed by atoms with Crippen LogP contribution in [0.3, 0.4) is 0 Å². The van der Waals surface area contributed by atoms with Crippen molar-refractivity contribution in [2.45, 2.75) is 37.4 Å². The van der Waals surface area contributed by atoms with E-state index in [2.05, 4.69) is 0 Å². The third-order valence-electron chi connectivity index (χ3n) is 3.07. The quantitative estimate of drug-likeness (QED) is 0.590. The normalized spacial score (nSPS) is 52.2. The molecule has 0 amide bonds.